The summed E-state index contributed by atoms with van der Waals surface area (Å²) in [5.41, 5.74) is 1.58. The maximum atomic E-state index is 13.5. The number of carbonyl (C=O) groups excluding carboxylic acids is 2. The smallest absolute Gasteiger partial charge is 0.261 e. The fraction of sp³-hybridized carbons (Fsp3) is 0.185. The lowest BCUT2D eigenvalue weighted by molar-refractivity contribution is -0.142. The lowest BCUT2D eigenvalue weighted by Gasteiger charge is -2.31. The number of nitrogens with zero attached hydrogens (tertiary/aromatic N) is 1. The molecule has 0 saturated carbocycles. The van der Waals surface area contributed by atoms with Crippen molar-refractivity contribution in [2.45, 2.75) is 19.0 Å². The van der Waals surface area contributed by atoms with E-state index < -0.39 is 11.9 Å². The fourth-order valence-corrected chi connectivity index (χ4v) is 3.61. The SMILES string of the molecule is C=CCNC(=O)[C@@H](Cc1ccccc1)N(Cc1ccc(F)cc1)C(=O)COc1ccccc1Cl. The Morgan fingerprint density at radius 1 is 1.00 bits per heavy atom. The largest absolute Gasteiger partial charge is 0.482 e. The van der Waals surface area contributed by atoms with Gasteiger partial charge in [0, 0.05) is 19.5 Å². The van der Waals surface area contributed by atoms with E-state index in [-0.39, 0.29) is 31.4 Å². The summed E-state index contributed by atoms with van der Waals surface area (Å²) in [5.74, 6) is -0.737. The average Bonchev–Trinajstić information content (AvgIpc) is 2.85. The van der Waals surface area contributed by atoms with Gasteiger partial charge in [0.25, 0.3) is 5.91 Å². The summed E-state index contributed by atoms with van der Waals surface area (Å²) in [6, 6.07) is 21.3. The van der Waals surface area contributed by atoms with E-state index in [1.807, 2.05) is 30.3 Å². The number of para-hydroxylation sites is 1. The van der Waals surface area contributed by atoms with Crippen LogP contribution in [0.15, 0.2) is 91.5 Å². The average molecular weight is 481 g/mol. The van der Waals surface area contributed by atoms with Gasteiger partial charge in [-0.25, -0.2) is 4.39 Å². The van der Waals surface area contributed by atoms with Gasteiger partial charge in [0.1, 0.15) is 17.6 Å². The van der Waals surface area contributed by atoms with Crippen molar-refractivity contribution in [2.75, 3.05) is 13.2 Å². The van der Waals surface area contributed by atoms with Gasteiger partial charge in [-0.15, -0.1) is 6.58 Å². The van der Waals surface area contributed by atoms with Gasteiger partial charge < -0.3 is 15.0 Å². The van der Waals surface area contributed by atoms with Gasteiger partial charge in [-0.3, -0.25) is 9.59 Å². The molecule has 0 unspecified atom stereocenters. The standard InChI is InChI=1S/C27H26ClFN2O3/c1-2-16-30-27(33)24(17-20-8-4-3-5-9-20)31(18-21-12-14-22(29)15-13-21)26(32)19-34-25-11-7-6-10-23(25)28/h2-15,24H,1,16-19H2,(H,30,33)/t24-/m1/s1. The van der Waals surface area contributed by atoms with Gasteiger partial charge in [0.2, 0.25) is 5.91 Å². The van der Waals surface area contributed by atoms with Gasteiger partial charge in [0.05, 0.1) is 5.02 Å². The molecule has 2 amide bonds. The van der Waals surface area contributed by atoms with Gasteiger partial charge in [-0.2, -0.15) is 0 Å². The fourth-order valence-electron chi connectivity index (χ4n) is 3.42. The Balaban J connectivity index is 1.90. The topological polar surface area (TPSA) is 58.6 Å². The zero-order valence-corrected chi connectivity index (χ0v) is 19.4. The van der Waals surface area contributed by atoms with E-state index in [0.29, 0.717) is 22.8 Å². The lowest BCUT2D eigenvalue weighted by Crippen LogP contribution is -2.51. The Morgan fingerprint density at radius 2 is 1.68 bits per heavy atom. The van der Waals surface area contributed by atoms with Crippen LogP contribution in [-0.2, 0) is 22.6 Å². The minimum absolute atomic E-state index is 0.101. The highest BCUT2D eigenvalue weighted by molar-refractivity contribution is 6.32. The molecule has 176 valence electrons. The number of carbonyl (C=O) groups is 2. The predicted octanol–water partition coefficient (Wildman–Crippen LogP) is 4.80. The maximum absolute atomic E-state index is 13.5. The van der Waals surface area contributed by atoms with Crippen molar-refractivity contribution in [3.8, 4) is 5.75 Å². The van der Waals surface area contributed by atoms with Crippen molar-refractivity contribution in [2.24, 2.45) is 0 Å². The zero-order valence-electron chi connectivity index (χ0n) is 18.6. The number of halogens is 2. The number of hydrogen-bond donors (Lipinski definition) is 1. The van der Waals surface area contributed by atoms with E-state index in [2.05, 4.69) is 11.9 Å². The van der Waals surface area contributed by atoms with E-state index in [1.165, 1.54) is 17.0 Å². The molecule has 0 aromatic heterocycles. The summed E-state index contributed by atoms with van der Waals surface area (Å²) in [5, 5.41) is 3.17. The first-order valence-electron chi connectivity index (χ1n) is 10.8. The molecule has 3 aromatic carbocycles. The molecule has 0 fully saturated rings. The van der Waals surface area contributed by atoms with Crippen LogP contribution in [-0.4, -0.2) is 35.9 Å². The second-order valence-corrected chi connectivity index (χ2v) is 8.01. The van der Waals surface area contributed by atoms with Crippen molar-refractivity contribution >= 4 is 23.4 Å². The van der Waals surface area contributed by atoms with Crippen LogP contribution in [0.1, 0.15) is 11.1 Å². The molecule has 0 aliphatic heterocycles. The number of amides is 2. The molecule has 5 nitrogen and oxygen atoms in total. The van der Waals surface area contributed by atoms with E-state index in [0.717, 1.165) is 5.56 Å². The van der Waals surface area contributed by atoms with Crippen molar-refractivity contribution in [3.05, 3.63) is 113 Å². The summed E-state index contributed by atoms with van der Waals surface area (Å²) in [6.07, 6.45) is 1.87. The molecule has 0 aliphatic rings. The number of benzene rings is 3. The molecule has 0 aliphatic carbocycles. The molecule has 0 heterocycles. The molecule has 34 heavy (non-hydrogen) atoms. The lowest BCUT2D eigenvalue weighted by atomic mass is 10.0. The van der Waals surface area contributed by atoms with Crippen molar-refractivity contribution < 1.29 is 18.7 Å². The highest BCUT2D eigenvalue weighted by atomic mass is 35.5. The van der Waals surface area contributed by atoms with Crippen LogP contribution in [0.2, 0.25) is 5.02 Å². The van der Waals surface area contributed by atoms with E-state index in [4.69, 9.17) is 16.3 Å². The van der Waals surface area contributed by atoms with E-state index in [9.17, 15) is 14.0 Å². The molecule has 0 bridgehead atoms. The molecule has 1 atom stereocenters. The summed E-state index contributed by atoms with van der Waals surface area (Å²) in [4.78, 5) is 28.0. The van der Waals surface area contributed by atoms with Crippen LogP contribution >= 0.6 is 11.6 Å². The quantitative estimate of drug-likeness (QED) is 0.401. The molecule has 7 heteroatoms. The van der Waals surface area contributed by atoms with E-state index in [1.54, 1.807) is 42.5 Å². The van der Waals surface area contributed by atoms with Crippen molar-refractivity contribution in [1.29, 1.82) is 0 Å². The Kier molecular flexibility index (Phi) is 9.23. The Labute approximate surface area is 203 Å². The number of rotatable bonds is 11. The summed E-state index contributed by atoms with van der Waals surface area (Å²) in [7, 11) is 0. The van der Waals surface area contributed by atoms with Crippen LogP contribution in [0.25, 0.3) is 0 Å². The van der Waals surface area contributed by atoms with Gasteiger partial charge in [-0.05, 0) is 35.4 Å². The molecule has 3 aromatic rings. The molecule has 0 saturated heterocycles. The molecule has 0 radical (unpaired) electrons. The molecule has 3 rings (SSSR count). The summed E-state index contributed by atoms with van der Waals surface area (Å²) < 4.78 is 19.1. The molecular formula is C27H26ClFN2O3. The number of nitrogens with one attached hydrogen (secondary N) is 1. The van der Waals surface area contributed by atoms with Crippen molar-refractivity contribution in [1.82, 2.24) is 10.2 Å². The molecule has 1 N–H and O–H groups in total. The number of ether oxygens (including phenoxy) is 1. The minimum Gasteiger partial charge on any atom is -0.482 e. The van der Waals surface area contributed by atoms with Gasteiger partial charge >= 0.3 is 0 Å². The maximum Gasteiger partial charge on any atom is 0.261 e. The zero-order chi connectivity index (χ0) is 24.3. The van der Waals surface area contributed by atoms with Crippen LogP contribution in [0.3, 0.4) is 0 Å². The first-order chi connectivity index (χ1) is 16.5. The van der Waals surface area contributed by atoms with Crippen LogP contribution in [0.5, 0.6) is 5.75 Å². The van der Waals surface area contributed by atoms with Crippen LogP contribution < -0.4 is 10.1 Å². The molecule has 0 spiro atoms. The second-order valence-electron chi connectivity index (χ2n) is 7.61. The van der Waals surface area contributed by atoms with E-state index >= 15 is 0 Å². The van der Waals surface area contributed by atoms with Crippen LogP contribution in [0.4, 0.5) is 4.39 Å². The Hall–Kier alpha value is -3.64. The second kappa shape index (κ2) is 12.6. The Bertz CT molecular complexity index is 1110. The van der Waals surface area contributed by atoms with Crippen LogP contribution in [0, 0.1) is 5.82 Å². The first kappa shape index (κ1) is 25.0. The van der Waals surface area contributed by atoms with Crippen molar-refractivity contribution in [3.63, 3.8) is 0 Å². The Morgan fingerprint density at radius 3 is 2.35 bits per heavy atom. The highest BCUT2D eigenvalue weighted by Crippen LogP contribution is 2.23. The van der Waals surface area contributed by atoms with Gasteiger partial charge in [0.15, 0.2) is 6.61 Å². The minimum atomic E-state index is -0.824. The third-order valence-corrected chi connectivity index (χ3v) is 5.46. The highest BCUT2D eigenvalue weighted by Gasteiger charge is 2.30. The summed E-state index contributed by atoms with van der Waals surface area (Å²) in [6.45, 7) is 3.69. The first-order valence-corrected chi connectivity index (χ1v) is 11.2. The normalized spacial score (nSPS) is 11.4. The molecular weight excluding hydrogens is 455 g/mol. The third-order valence-electron chi connectivity index (χ3n) is 5.15. The van der Waals surface area contributed by atoms with Gasteiger partial charge in [-0.1, -0.05) is 72.3 Å². The monoisotopic (exact) mass is 480 g/mol. The third kappa shape index (κ3) is 7.18. The predicted molar refractivity (Wildman–Crippen MR) is 131 cm³/mol. The number of hydrogen-bond acceptors (Lipinski definition) is 3. The summed E-state index contributed by atoms with van der Waals surface area (Å²) >= 11 is 6.15.